The highest BCUT2D eigenvalue weighted by atomic mass is 19.4. The molecule has 1 aromatic rings. The summed E-state index contributed by atoms with van der Waals surface area (Å²) in [5.41, 5.74) is -0.409. The summed E-state index contributed by atoms with van der Waals surface area (Å²) in [5, 5.41) is 2.52. The zero-order chi connectivity index (χ0) is 20.1. The van der Waals surface area contributed by atoms with Crippen molar-refractivity contribution in [3.8, 4) is 0 Å². The average Bonchev–Trinajstić information content (AvgIpc) is 2.50. The molecule has 152 valence electrons. The Morgan fingerprint density at radius 3 is 2.22 bits per heavy atom. The van der Waals surface area contributed by atoms with Gasteiger partial charge in [0.15, 0.2) is 0 Å². The van der Waals surface area contributed by atoms with Crippen molar-refractivity contribution in [3.05, 3.63) is 34.9 Å². The molecule has 0 aromatic heterocycles. The summed E-state index contributed by atoms with van der Waals surface area (Å²) in [6.45, 7) is 5.21. The van der Waals surface area contributed by atoms with Crippen LogP contribution in [0.3, 0.4) is 0 Å². The van der Waals surface area contributed by atoms with Crippen molar-refractivity contribution in [2.24, 2.45) is 0 Å². The molecule has 0 atom stereocenters. The molecule has 1 aliphatic carbocycles. The molecule has 0 bridgehead atoms. The number of rotatable bonds is 3. The highest BCUT2D eigenvalue weighted by molar-refractivity contribution is 5.67. The van der Waals surface area contributed by atoms with Gasteiger partial charge in [-0.15, -0.1) is 0 Å². The van der Waals surface area contributed by atoms with Gasteiger partial charge in [-0.2, -0.15) is 13.2 Å². The summed E-state index contributed by atoms with van der Waals surface area (Å²) in [7, 11) is 0. The van der Waals surface area contributed by atoms with Crippen LogP contribution in [0.1, 0.15) is 88.3 Å². The van der Waals surface area contributed by atoms with Gasteiger partial charge < -0.3 is 10.1 Å². The van der Waals surface area contributed by atoms with Crippen molar-refractivity contribution in [1.29, 1.82) is 0 Å². The van der Waals surface area contributed by atoms with Crippen LogP contribution in [0.5, 0.6) is 0 Å². The Hall–Kier alpha value is -1.72. The van der Waals surface area contributed by atoms with Crippen LogP contribution in [-0.4, -0.2) is 11.7 Å². The maximum atomic E-state index is 13.7. The van der Waals surface area contributed by atoms with Crippen molar-refractivity contribution >= 4 is 6.09 Å². The first-order valence-corrected chi connectivity index (χ1v) is 9.73. The molecule has 0 heterocycles. The number of halogens is 3. The van der Waals surface area contributed by atoms with E-state index in [0.29, 0.717) is 11.1 Å². The summed E-state index contributed by atoms with van der Waals surface area (Å²) in [6, 6.07) is 4.45. The molecular weight excluding hydrogens is 355 g/mol. The standard InChI is InChI=1S/C21H30F3NO2/c1-20(2,3)27-19(26)25-14-15-11-12-17(18(13-15)21(22,23)24)16-9-7-5-4-6-8-10-16/h11-13,16H,4-10,14H2,1-3H3,(H,25,26). The fraction of sp³-hybridized carbons (Fsp3) is 0.667. The second-order valence-electron chi connectivity index (χ2n) is 8.32. The fourth-order valence-corrected chi connectivity index (χ4v) is 3.57. The molecule has 1 aromatic carbocycles. The molecule has 3 nitrogen and oxygen atoms in total. The first kappa shape index (κ1) is 21.6. The molecule has 0 spiro atoms. The van der Waals surface area contributed by atoms with Gasteiger partial charge in [0, 0.05) is 6.54 Å². The predicted octanol–water partition coefficient (Wildman–Crippen LogP) is 6.56. The zero-order valence-corrected chi connectivity index (χ0v) is 16.4. The van der Waals surface area contributed by atoms with Gasteiger partial charge in [0.25, 0.3) is 0 Å². The van der Waals surface area contributed by atoms with Crippen molar-refractivity contribution in [3.63, 3.8) is 0 Å². The van der Waals surface area contributed by atoms with Crippen LogP contribution < -0.4 is 5.32 Å². The third kappa shape index (κ3) is 7.07. The smallest absolute Gasteiger partial charge is 0.416 e. The number of ether oxygens (including phenoxy) is 1. The lowest BCUT2D eigenvalue weighted by Gasteiger charge is -2.24. The van der Waals surface area contributed by atoms with Crippen LogP contribution in [-0.2, 0) is 17.5 Å². The predicted molar refractivity (Wildman–Crippen MR) is 99.6 cm³/mol. The van der Waals surface area contributed by atoms with Gasteiger partial charge in [0.1, 0.15) is 5.60 Å². The van der Waals surface area contributed by atoms with E-state index in [0.717, 1.165) is 38.5 Å². The summed E-state index contributed by atoms with van der Waals surface area (Å²) in [5.74, 6) is -0.0465. The summed E-state index contributed by atoms with van der Waals surface area (Å²) >= 11 is 0. The number of benzene rings is 1. The number of alkyl halides is 3. The van der Waals surface area contributed by atoms with Gasteiger partial charge in [-0.05, 0) is 56.7 Å². The Bertz CT molecular complexity index is 627. The molecule has 1 amide bonds. The minimum Gasteiger partial charge on any atom is -0.444 e. The number of carbonyl (C=O) groups excluding carboxylic acids is 1. The van der Waals surface area contributed by atoms with E-state index in [1.54, 1.807) is 32.9 Å². The largest absolute Gasteiger partial charge is 0.444 e. The van der Waals surface area contributed by atoms with Gasteiger partial charge in [0.05, 0.1) is 5.56 Å². The minimum atomic E-state index is -4.40. The van der Waals surface area contributed by atoms with Crippen LogP contribution >= 0.6 is 0 Å². The first-order chi connectivity index (χ1) is 12.6. The number of nitrogens with one attached hydrogen (secondary N) is 1. The van der Waals surface area contributed by atoms with Crippen LogP contribution in [0.4, 0.5) is 18.0 Å². The lowest BCUT2D eigenvalue weighted by molar-refractivity contribution is -0.138. The maximum Gasteiger partial charge on any atom is 0.416 e. The topological polar surface area (TPSA) is 38.3 Å². The maximum absolute atomic E-state index is 13.7. The first-order valence-electron chi connectivity index (χ1n) is 9.73. The monoisotopic (exact) mass is 385 g/mol. The van der Waals surface area contributed by atoms with E-state index in [1.165, 1.54) is 12.5 Å². The van der Waals surface area contributed by atoms with E-state index in [-0.39, 0.29) is 12.5 Å². The quantitative estimate of drug-likeness (QED) is 0.640. The zero-order valence-electron chi connectivity index (χ0n) is 16.4. The Morgan fingerprint density at radius 1 is 1.07 bits per heavy atom. The van der Waals surface area contributed by atoms with Gasteiger partial charge >= 0.3 is 12.3 Å². The summed E-state index contributed by atoms with van der Waals surface area (Å²) in [6.07, 6.45) is 1.88. The molecule has 1 aliphatic rings. The molecular formula is C21H30F3NO2. The van der Waals surface area contributed by atoms with E-state index in [1.807, 2.05) is 0 Å². The Morgan fingerprint density at radius 2 is 1.67 bits per heavy atom. The molecule has 0 unspecified atom stereocenters. The SMILES string of the molecule is CC(C)(C)OC(=O)NCc1ccc(C2CCCCCCC2)c(C(F)(F)F)c1. The Labute approximate surface area is 159 Å². The Kier molecular flexibility index (Phi) is 7.18. The highest BCUT2D eigenvalue weighted by Gasteiger charge is 2.35. The van der Waals surface area contributed by atoms with Gasteiger partial charge in [-0.1, -0.05) is 44.2 Å². The fourth-order valence-electron chi connectivity index (χ4n) is 3.57. The normalized spacial score (nSPS) is 17.1. The van der Waals surface area contributed by atoms with Crippen LogP contribution in [0.2, 0.25) is 0 Å². The number of hydrogen-bond donors (Lipinski definition) is 1. The second-order valence-corrected chi connectivity index (χ2v) is 8.32. The summed E-state index contributed by atoms with van der Waals surface area (Å²) < 4.78 is 46.2. The number of hydrogen-bond acceptors (Lipinski definition) is 2. The molecule has 0 aliphatic heterocycles. The molecule has 1 N–H and O–H groups in total. The third-order valence-corrected chi connectivity index (χ3v) is 4.80. The van der Waals surface area contributed by atoms with Crippen LogP contribution in [0.15, 0.2) is 18.2 Å². The average molecular weight is 385 g/mol. The number of amides is 1. The van der Waals surface area contributed by atoms with Crippen molar-refractivity contribution in [2.75, 3.05) is 0 Å². The molecule has 2 rings (SSSR count). The lowest BCUT2D eigenvalue weighted by atomic mass is 9.83. The van der Waals surface area contributed by atoms with Crippen molar-refractivity contribution in [1.82, 2.24) is 5.32 Å². The van der Waals surface area contributed by atoms with E-state index in [2.05, 4.69) is 5.32 Å². The third-order valence-electron chi connectivity index (χ3n) is 4.80. The van der Waals surface area contributed by atoms with E-state index < -0.39 is 23.4 Å². The molecule has 6 heteroatoms. The summed E-state index contributed by atoms with van der Waals surface area (Å²) in [4.78, 5) is 11.7. The minimum absolute atomic E-state index is 0.00292. The van der Waals surface area contributed by atoms with Crippen molar-refractivity contribution in [2.45, 2.75) is 90.0 Å². The van der Waals surface area contributed by atoms with E-state index in [4.69, 9.17) is 4.74 Å². The molecule has 1 saturated carbocycles. The number of carbonyl (C=O) groups is 1. The lowest BCUT2D eigenvalue weighted by Crippen LogP contribution is -2.32. The van der Waals surface area contributed by atoms with Gasteiger partial charge in [0.2, 0.25) is 0 Å². The Balaban J connectivity index is 2.16. The van der Waals surface area contributed by atoms with Crippen LogP contribution in [0, 0.1) is 0 Å². The number of alkyl carbamates (subject to hydrolysis) is 1. The van der Waals surface area contributed by atoms with E-state index in [9.17, 15) is 18.0 Å². The molecule has 1 fully saturated rings. The van der Waals surface area contributed by atoms with Gasteiger partial charge in [-0.25, -0.2) is 4.79 Å². The van der Waals surface area contributed by atoms with Crippen molar-refractivity contribution < 1.29 is 22.7 Å². The van der Waals surface area contributed by atoms with Gasteiger partial charge in [-0.3, -0.25) is 0 Å². The molecule has 27 heavy (non-hydrogen) atoms. The molecule has 0 saturated heterocycles. The molecule has 0 radical (unpaired) electrons. The second kappa shape index (κ2) is 8.98. The van der Waals surface area contributed by atoms with E-state index >= 15 is 0 Å². The van der Waals surface area contributed by atoms with Crippen LogP contribution in [0.25, 0.3) is 0 Å². The highest BCUT2D eigenvalue weighted by Crippen LogP contribution is 2.40.